The minimum absolute atomic E-state index is 0.257. The zero-order chi connectivity index (χ0) is 6.99. The highest BCUT2D eigenvalue weighted by Gasteiger charge is 1.80. The molecule has 0 aliphatic heterocycles. The number of nitrogens with two attached hydrogens (primary N) is 1. The average Bonchev–Trinajstić information content (AvgIpc) is 1.72. The average molecular weight is 122 g/mol. The molecule has 0 saturated carbocycles. The van der Waals surface area contributed by atoms with Gasteiger partial charge in [0.15, 0.2) is 0 Å². The third kappa shape index (κ3) is 17.0. The van der Waals surface area contributed by atoms with E-state index in [1.54, 1.807) is 0 Å². The number of hydrogen-bond acceptors (Lipinski definition) is 4. The Labute approximate surface area is 49.5 Å². The molecule has 0 aromatic carbocycles. The Balaban J connectivity index is 0. The van der Waals surface area contributed by atoms with E-state index in [-0.39, 0.29) is 6.61 Å². The van der Waals surface area contributed by atoms with Crippen LogP contribution in [0.2, 0.25) is 0 Å². The van der Waals surface area contributed by atoms with Crippen molar-refractivity contribution in [3.63, 3.8) is 0 Å². The predicted molar refractivity (Wildman–Crippen MR) is 31.6 cm³/mol. The second kappa shape index (κ2) is 9.96. The van der Waals surface area contributed by atoms with Gasteiger partial charge < -0.3 is 15.2 Å². The quantitative estimate of drug-likeness (QED) is 0.405. The predicted octanol–water partition coefficient (Wildman–Crippen LogP) is -1.13. The van der Waals surface area contributed by atoms with Gasteiger partial charge in [0.05, 0.1) is 6.61 Å². The van der Waals surface area contributed by atoms with Gasteiger partial charge >= 0.3 is 0 Å². The summed E-state index contributed by atoms with van der Waals surface area (Å²) in [6, 6.07) is 0. The first-order chi connectivity index (χ1) is 3.77. The fraction of sp³-hybridized carbons (Fsp3) is 1.00. The number of likely N-dealkylation sites (N-methyl/N-ethyl adjacent to an activating group) is 1. The lowest BCUT2D eigenvalue weighted by molar-refractivity contribution is 0.243. The lowest BCUT2D eigenvalue weighted by atomic mass is 10.6. The standard InChI is InChI=1S/C4H11NO.H3NO/c1-5(2)3-4-6;1-2/h6H,3-4H2,1-2H3;2H,1H2. The van der Waals surface area contributed by atoms with Crippen LogP contribution in [0.5, 0.6) is 0 Å². The van der Waals surface area contributed by atoms with Gasteiger partial charge in [-0.25, -0.2) is 5.90 Å². The molecular weight excluding hydrogens is 108 g/mol. The zero-order valence-electron chi connectivity index (χ0n) is 5.33. The van der Waals surface area contributed by atoms with Crippen molar-refractivity contribution in [3.05, 3.63) is 0 Å². The minimum Gasteiger partial charge on any atom is -0.395 e. The van der Waals surface area contributed by atoms with E-state index >= 15 is 0 Å². The van der Waals surface area contributed by atoms with Crippen LogP contribution in [0, 0.1) is 0 Å². The molecule has 0 atom stereocenters. The lowest BCUT2D eigenvalue weighted by Crippen LogP contribution is -2.15. The van der Waals surface area contributed by atoms with Crippen LogP contribution in [0.15, 0.2) is 0 Å². The summed E-state index contributed by atoms with van der Waals surface area (Å²) in [5.74, 6) is 3.50. The topological polar surface area (TPSA) is 69.7 Å². The van der Waals surface area contributed by atoms with Gasteiger partial charge in [0.2, 0.25) is 0 Å². The van der Waals surface area contributed by atoms with Gasteiger partial charge in [0.25, 0.3) is 0 Å². The summed E-state index contributed by atoms with van der Waals surface area (Å²) in [5.41, 5.74) is 0. The van der Waals surface area contributed by atoms with Crippen molar-refractivity contribution < 1.29 is 10.3 Å². The summed E-state index contributed by atoms with van der Waals surface area (Å²) >= 11 is 0. The molecule has 0 rings (SSSR count). The van der Waals surface area contributed by atoms with Crippen molar-refractivity contribution in [1.29, 1.82) is 0 Å². The normalized spacial score (nSPS) is 8.25. The van der Waals surface area contributed by atoms with Crippen molar-refractivity contribution in [2.24, 2.45) is 5.90 Å². The van der Waals surface area contributed by atoms with Crippen molar-refractivity contribution in [2.75, 3.05) is 27.2 Å². The fourth-order valence-electron chi connectivity index (χ4n) is 0.200. The van der Waals surface area contributed by atoms with E-state index < -0.39 is 0 Å². The molecule has 0 heterocycles. The fourth-order valence-corrected chi connectivity index (χ4v) is 0.200. The van der Waals surface area contributed by atoms with Crippen LogP contribution < -0.4 is 5.90 Å². The van der Waals surface area contributed by atoms with E-state index in [1.165, 1.54) is 0 Å². The number of hydrogen-bond donors (Lipinski definition) is 3. The number of aliphatic hydroxyl groups excluding tert-OH is 1. The summed E-state index contributed by atoms with van der Waals surface area (Å²) < 4.78 is 0. The van der Waals surface area contributed by atoms with Crippen LogP contribution >= 0.6 is 0 Å². The molecule has 0 amide bonds. The van der Waals surface area contributed by atoms with Gasteiger partial charge in [0, 0.05) is 6.54 Å². The van der Waals surface area contributed by atoms with Gasteiger partial charge in [-0.2, -0.15) is 0 Å². The van der Waals surface area contributed by atoms with Crippen LogP contribution in [-0.4, -0.2) is 42.5 Å². The molecule has 0 aromatic heterocycles. The number of aliphatic hydroxyl groups is 1. The third-order valence-corrected chi connectivity index (χ3v) is 0.547. The SMILES string of the molecule is CN(C)CCO.NO. The highest BCUT2D eigenvalue weighted by molar-refractivity contribution is 4.34. The molecule has 4 N–H and O–H groups in total. The molecule has 4 nitrogen and oxygen atoms in total. The molecule has 0 fully saturated rings. The van der Waals surface area contributed by atoms with Gasteiger partial charge in [-0.15, -0.1) is 0 Å². The molecule has 4 heteroatoms. The maximum atomic E-state index is 8.20. The Bertz CT molecular complexity index is 33.2. The molecule has 0 unspecified atom stereocenters. The third-order valence-electron chi connectivity index (χ3n) is 0.547. The van der Waals surface area contributed by atoms with E-state index in [1.807, 2.05) is 19.0 Å². The Hall–Kier alpha value is -0.160. The second-order valence-corrected chi connectivity index (χ2v) is 1.53. The molecule has 0 aliphatic rings. The first-order valence-electron chi connectivity index (χ1n) is 2.29. The number of nitrogens with zero attached hydrogens (tertiary/aromatic N) is 1. The smallest absolute Gasteiger partial charge is 0.0558 e. The second-order valence-electron chi connectivity index (χ2n) is 1.53. The molecule has 0 radical (unpaired) electrons. The molecule has 0 aliphatic carbocycles. The summed E-state index contributed by atoms with van der Waals surface area (Å²) in [4.78, 5) is 1.93. The van der Waals surface area contributed by atoms with Crippen molar-refractivity contribution in [2.45, 2.75) is 0 Å². The van der Waals surface area contributed by atoms with E-state index in [2.05, 4.69) is 5.90 Å². The minimum atomic E-state index is 0.257. The van der Waals surface area contributed by atoms with Gasteiger partial charge in [-0.05, 0) is 14.1 Å². The van der Waals surface area contributed by atoms with Gasteiger partial charge in [-0.3, -0.25) is 0 Å². The molecule has 0 bridgehead atoms. The van der Waals surface area contributed by atoms with Crippen molar-refractivity contribution >= 4 is 0 Å². The summed E-state index contributed by atoms with van der Waals surface area (Å²) in [7, 11) is 3.85. The highest BCUT2D eigenvalue weighted by Crippen LogP contribution is 1.66. The van der Waals surface area contributed by atoms with Crippen LogP contribution in [0.3, 0.4) is 0 Å². The Morgan fingerprint density at radius 3 is 1.75 bits per heavy atom. The summed E-state index contributed by atoms with van der Waals surface area (Å²) in [5, 5.41) is 14.7. The van der Waals surface area contributed by atoms with E-state index in [4.69, 9.17) is 10.3 Å². The first kappa shape index (κ1) is 10.8. The van der Waals surface area contributed by atoms with E-state index in [0.717, 1.165) is 6.54 Å². The lowest BCUT2D eigenvalue weighted by Gasteiger charge is -2.03. The maximum Gasteiger partial charge on any atom is 0.0558 e. The molecule has 0 spiro atoms. The number of rotatable bonds is 2. The van der Waals surface area contributed by atoms with Crippen molar-refractivity contribution in [3.8, 4) is 0 Å². The molecule has 0 saturated heterocycles. The summed E-state index contributed by atoms with van der Waals surface area (Å²) in [6.07, 6.45) is 0. The van der Waals surface area contributed by atoms with Gasteiger partial charge in [0.1, 0.15) is 0 Å². The molecule has 8 heavy (non-hydrogen) atoms. The van der Waals surface area contributed by atoms with Crippen molar-refractivity contribution in [1.82, 2.24) is 4.90 Å². The zero-order valence-corrected chi connectivity index (χ0v) is 5.33. The summed E-state index contributed by atoms with van der Waals surface area (Å²) in [6.45, 7) is 1.02. The molecular formula is C4H14N2O2. The molecule has 0 aromatic rings. The Morgan fingerprint density at radius 1 is 1.38 bits per heavy atom. The maximum absolute atomic E-state index is 8.20. The van der Waals surface area contributed by atoms with E-state index in [0.29, 0.717) is 0 Å². The van der Waals surface area contributed by atoms with E-state index in [9.17, 15) is 0 Å². The Morgan fingerprint density at radius 2 is 1.75 bits per heavy atom. The Kier molecular flexibility index (Phi) is 13.4. The highest BCUT2D eigenvalue weighted by atomic mass is 16.4. The van der Waals surface area contributed by atoms with Crippen LogP contribution in [0.4, 0.5) is 0 Å². The monoisotopic (exact) mass is 122 g/mol. The molecule has 52 valence electrons. The van der Waals surface area contributed by atoms with Crippen LogP contribution in [0.1, 0.15) is 0 Å². The first-order valence-corrected chi connectivity index (χ1v) is 2.29. The van der Waals surface area contributed by atoms with Gasteiger partial charge in [-0.1, -0.05) is 0 Å². The van der Waals surface area contributed by atoms with Crippen LogP contribution in [0.25, 0.3) is 0 Å². The van der Waals surface area contributed by atoms with Crippen LogP contribution in [-0.2, 0) is 0 Å². The largest absolute Gasteiger partial charge is 0.395 e.